The number of halogens is 20. The van der Waals surface area contributed by atoms with Gasteiger partial charge < -0.3 is 0 Å². The van der Waals surface area contributed by atoms with Gasteiger partial charge in [-0.2, -0.15) is 0 Å². The van der Waals surface area contributed by atoms with Crippen LogP contribution in [0.2, 0.25) is 85.0 Å². The van der Waals surface area contributed by atoms with Crippen LogP contribution in [0.25, 0.3) is 0 Å². The third kappa shape index (κ3) is 40.2. The molecule has 0 heterocycles. The van der Waals surface area contributed by atoms with Gasteiger partial charge in [0.2, 0.25) is 0 Å². The molecule has 0 radical (unpaired) electrons. The zero-order chi connectivity index (χ0) is 99.6. The van der Waals surface area contributed by atoms with Crippen molar-refractivity contribution in [1.29, 1.82) is 0 Å². The van der Waals surface area contributed by atoms with Gasteiger partial charge in [-0.25, -0.2) is 0 Å². The van der Waals surface area contributed by atoms with Crippen molar-refractivity contribution in [3.8, 4) is 0 Å². The third-order valence-corrected chi connectivity index (χ3v) is 103. The molecule has 0 N–H and O–H groups in total. The molecule has 0 fully saturated rings. The van der Waals surface area contributed by atoms with Crippen LogP contribution in [0.15, 0.2) is 152 Å². The molecular weight excluding hydrogens is 3090 g/mol. The van der Waals surface area contributed by atoms with Gasteiger partial charge in [-0.1, -0.05) is 0 Å². The van der Waals surface area contributed by atoms with Crippen molar-refractivity contribution < 1.29 is 55.2 Å². The minimum absolute atomic E-state index is 0.222. The molecule has 0 aliphatic heterocycles. The van der Waals surface area contributed by atoms with Gasteiger partial charge in [0.05, 0.1) is 0 Å². The van der Waals surface area contributed by atoms with E-state index < -0.39 is 207 Å². The molecule has 0 saturated heterocycles. The number of rotatable bonds is 8. The van der Waals surface area contributed by atoms with Crippen molar-refractivity contribution in [2.45, 2.75) is 272 Å². The predicted molar refractivity (Wildman–Crippen MR) is 526 cm³/mol. The SMILES string of the molecule is C[C](C)(C)[Bi]([CH3])([F])([F])[C](C)(C)C.C[C](C)(C)[Sb]([CH3])([F])([F])[C](C)(C)C.C[Te](C)(F)F.C[Te](F)(F)c1ccccc1.Cc1cc(C)[c]([Bi]([CH3])([F])([F])[c]2c(C)cc(C)cc2C)c(C)c1.Cc1cc(C)[c]([Sb]([CH3])([F])([F])[c]2c(C)cc(C)cc2C)c(C)c1.Cc1cc(C)c([Te](C)(F)F)c(C)c1.[CH3][Bi]([CH3])([CH3])([F])[F].[CH3][Bi]([F])([F])([c]1ccccc1)[c]1ccccc1.[CH3][Sb]([CH3])([CH3])([F])[F]. The summed E-state index contributed by atoms with van der Waals surface area (Å²) in [7, 11) is 0. The summed E-state index contributed by atoms with van der Waals surface area (Å²) in [6, 6.07) is 43.2. The average Bonchev–Trinajstić information content (AvgIpc) is 0.731. The van der Waals surface area contributed by atoms with E-state index in [2.05, 4.69) is 0 Å². The Bertz CT molecular complexity index is 4310. The van der Waals surface area contributed by atoms with E-state index in [0.29, 0.717) is 17.2 Å². The maximum absolute atomic E-state index is 16.1. The van der Waals surface area contributed by atoms with Crippen molar-refractivity contribution in [3.05, 3.63) is 235 Å². The normalized spacial score (nSPS) is 15.2. The van der Waals surface area contributed by atoms with E-state index in [1.54, 1.807) is 176 Å². The van der Waals surface area contributed by atoms with Gasteiger partial charge in [0.15, 0.2) is 0 Å². The zero-order valence-corrected chi connectivity index (χ0v) is 110. The Hall–Kier alpha value is 0.716. The summed E-state index contributed by atoms with van der Waals surface area (Å²) >= 11 is -52.0. The topological polar surface area (TPSA) is 0 Å². The first-order chi connectivity index (χ1) is 53.8. The summed E-state index contributed by atoms with van der Waals surface area (Å²) in [4.78, 5) is 10.0. The van der Waals surface area contributed by atoms with E-state index in [4.69, 9.17) is 0 Å². The van der Waals surface area contributed by atoms with Crippen LogP contribution in [0.1, 0.15) is 167 Å². The molecule has 0 amide bonds. The van der Waals surface area contributed by atoms with Gasteiger partial charge in [0, 0.05) is 0 Å². The van der Waals surface area contributed by atoms with Gasteiger partial charge in [0.25, 0.3) is 0 Å². The zero-order valence-electron chi connectivity index (χ0n) is 81.8. The maximum atomic E-state index is 16.1. The quantitative estimate of drug-likeness (QED) is 0.105. The first-order valence-electron chi connectivity index (χ1n) is 40.0. The molecule has 0 aromatic heterocycles. The summed E-state index contributed by atoms with van der Waals surface area (Å²) in [5, 5.41) is 0. The van der Waals surface area contributed by atoms with E-state index in [1.807, 2.05) is 151 Å². The van der Waals surface area contributed by atoms with E-state index in [0.717, 1.165) is 136 Å². The molecule has 30 heteroatoms. The molecule has 8 aromatic carbocycles. The van der Waals surface area contributed by atoms with Gasteiger partial charge >= 0.3 is 783 Å². The van der Waals surface area contributed by atoms with Crippen LogP contribution < -0.4 is 27.3 Å². The van der Waals surface area contributed by atoms with Crippen molar-refractivity contribution in [2.24, 2.45) is 0 Å². The second-order valence-electron chi connectivity index (χ2n) is 40.3. The first-order valence-corrected chi connectivity index (χ1v) is 122. The van der Waals surface area contributed by atoms with Gasteiger partial charge in [-0.3, -0.25) is 0 Å². The van der Waals surface area contributed by atoms with Crippen LogP contribution in [0.5, 0.6) is 0 Å². The Balaban J connectivity index is 0. The second-order valence-corrected chi connectivity index (χ2v) is 163. The van der Waals surface area contributed by atoms with Crippen molar-refractivity contribution in [2.75, 3.05) is 0 Å². The fraction of sp³-hybridized carbons (Fsp3) is 0.489. The second kappa shape index (κ2) is 43.6. The fourth-order valence-corrected chi connectivity index (χ4v) is 65.6. The predicted octanol–water partition coefficient (Wildman–Crippen LogP) is 31.9. The van der Waals surface area contributed by atoms with Crippen LogP contribution >= 0.6 is 0 Å². The summed E-state index contributed by atoms with van der Waals surface area (Å²) in [5.41, 5.74) is 12.6. The summed E-state index contributed by atoms with van der Waals surface area (Å²) < 4.78 is 279. The summed E-state index contributed by atoms with van der Waals surface area (Å²) in [6.45, 7) is 47.9. The van der Waals surface area contributed by atoms with Crippen LogP contribution in [0, 0.1) is 104 Å². The van der Waals surface area contributed by atoms with Crippen molar-refractivity contribution >= 4 is 221 Å². The number of hydrogen-bond acceptors (Lipinski definition) is 0. The first kappa shape index (κ1) is 127. The van der Waals surface area contributed by atoms with Crippen LogP contribution in [-0.4, -0.2) is 194 Å². The van der Waals surface area contributed by atoms with E-state index in [9.17, 15) is 44.4 Å². The van der Waals surface area contributed by atoms with E-state index >= 15 is 10.9 Å². The minimum atomic E-state index is -6.28. The number of benzene rings is 8. The van der Waals surface area contributed by atoms with Gasteiger partial charge in [-0.05, 0) is 0 Å². The third-order valence-electron chi connectivity index (χ3n) is 20.4. The molecule has 8 aromatic rings. The standard InChI is InChI=1S/C10H14F2Te.4C9H11.C7H8F2Te.2C6H5.4C4H9.C2H6F2Te.11CH3.4Bi.14FH.3Sb/c1-7-5-8(2)10(9(3)6-7)13(4,11)12;4*1-7-4-8(2)6-9(3)5-7;1-10(8,9)7-5-3-2-4-6-7;2*1-2-4-6-5-3-1;4*1-4(2)3;1-5(2,3)4;;;;;;;;;;;;;;;;;;;;;;;;;;;;;;;;/h5-6H,1-4H3;4*4-5H,1-3H3;2-6H,1H3;2*1-5H;4*1-3H3;1-2H3;11*1H3;;;;;14*1H;;;/q;;;;;;;;;;;;;;;;;;;;;;;;4*+2;;;;;;;;;;;;;;;3*+2/p-14. The molecule has 0 saturated carbocycles. The van der Waals surface area contributed by atoms with E-state index in [-0.39, 0.29) is 10.2 Å². The molecule has 8 rings (SSSR count). The van der Waals surface area contributed by atoms with Crippen molar-refractivity contribution in [3.63, 3.8) is 0 Å². The molecule has 0 bridgehead atoms. The number of hydrogen-bond donors (Lipinski definition) is 0. The molecule has 0 nitrogen and oxygen atoms in total. The van der Waals surface area contributed by atoms with E-state index in [1.165, 1.54) is 31.1 Å². The Labute approximate surface area is 771 Å². The van der Waals surface area contributed by atoms with Gasteiger partial charge in [-0.15, -0.1) is 0 Å². The van der Waals surface area contributed by atoms with Crippen LogP contribution in [0.4, 0.5) is 55.2 Å². The molecule has 720 valence electrons. The molecule has 0 spiro atoms. The average molecular weight is 3250 g/mol. The molecule has 124 heavy (non-hydrogen) atoms. The molecule has 0 atom stereocenters. The van der Waals surface area contributed by atoms with Crippen LogP contribution in [0.3, 0.4) is 0 Å². The molecular formula is C94H151Bi4F20Sb3Te3. The molecule has 0 unspecified atom stereocenters. The molecule has 0 aliphatic rings. The Morgan fingerprint density at radius 1 is 0.290 bits per heavy atom. The molecule has 0 aliphatic carbocycles. The fourth-order valence-electron chi connectivity index (χ4n) is 14.2. The Morgan fingerprint density at radius 2 is 0.476 bits per heavy atom. The monoisotopic (exact) mass is 3250 g/mol. The number of aryl methyl sites for hydroxylation is 15. The van der Waals surface area contributed by atoms with Crippen LogP contribution in [-0.2, 0) is 0 Å². The van der Waals surface area contributed by atoms with Crippen molar-refractivity contribution in [1.82, 2.24) is 0 Å². The Kier molecular flexibility index (Phi) is 44.6. The summed E-state index contributed by atoms with van der Waals surface area (Å²) in [5.74, 6) is 0. The summed E-state index contributed by atoms with van der Waals surface area (Å²) in [6.07, 6.45) is 0. The van der Waals surface area contributed by atoms with Gasteiger partial charge in [0.1, 0.15) is 0 Å². The Morgan fingerprint density at radius 3 is 0.629 bits per heavy atom.